The molecule has 138 valence electrons. The Balaban J connectivity index is 2.06. The van der Waals surface area contributed by atoms with E-state index in [4.69, 9.17) is 21.1 Å². The summed E-state index contributed by atoms with van der Waals surface area (Å²) in [6.45, 7) is 8.78. The third kappa shape index (κ3) is 2.76. The number of hydrogen-bond donors (Lipinski definition) is 0. The summed E-state index contributed by atoms with van der Waals surface area (Å²) in [6, 6.07) is 5.36. The lowest BCUT2D eigenvalue weighted by Gasteiger charge is -2.24. The number of benzene rings is 2. The lowest BCUT2D eigenvalue weighted by molar-refractivity contribution is -0.130. The number of esters is 2. The Bertz CT molecular complexity index is 1020. The van der Waals surface area contributed by atoms with Crippen LogP contribution in [0.1, 0.15) is 49.1 Å². The molecule has 0 heterocycles. The third-order valence-electron chi connectivity index (χ3n) is 5.43. The second-order valence-corrected chi connectivity index (χ2v) is 7.56. The van der Waals surface area contributed by atoms with Crippen molar-refractivity contribution in [1.29, 1.82) is 0 Å². The van der Waals surface area contributed by atoms with Gasteiger partial charge in [0.2, 0.25) is 0 Å². The Hall–Kier alpha value is -2.59. The molecule has 0 amide bonds. The lowest BCUT2D eigenvalue weighted by Crippen LogP contribution is -2.14. The molecule has 2 bridgehead atoms. The molecule has 27 heavy (non-hydrogen) atoms. The van der Waals surface area contributed by atoms with Gasteiger partial charge in [0.1, 0.15) is 11.5 Å². The third-order valence-corrected chi connectivity index (χ3v) is 5.74. The smallest absolute Gasteiger partial charge is 0.338 e. The van der Waals surface area contributed by atoms with Gasteiger partial charge in [0, 0.05) is 33.5 Å². The second kappa shape index (κ2) is 6.54. The van der Waals surface area contributed by atoms with Crippen LogP contribution in [0.25, 0.3) is 10.8 Å². The molecule has 0 N–H and O–H groups in total. The Morgan fingerprint density at radius 3 is 2.44 bits per heavy atom. The molecule has 2 atom stereocenters. The first kappa shape index (κ1) is 17.8. The van der Waals surface area contributed by atoms with E-state index < -0.39 is 11.9 Å². The van der Waals surface area contributed by atoms with Crippen LogP contribution in [0, 0.1) is 0 Å². The van der Waals surface area contributed by atoms with E-state index in [1.165, 1.54) is 0 Å². The molecule has 4 rings (SSSR count). The van der Waals surface area contributed by atoms with Crippen molar-refractivity contribution in [3.05, 3.63) is 59.2 Å². The highest BCUT2D eigenvalue weighted by Crippen LogP contribution is 2.61. The minimum Gasteiger partial charge on any atom is -0.422 e. The van der Waals surface area contributed by atoms with Crippen molar-refractivity contribution in [2.75, 3.05) is 0 Å². The summed E-state index contributed by atoms with van der Waals surface area (Å²) in [7, 11) is 0. The molecule has 2 aliphatic rings. The molecule has 4 nitrogen and oxygen atoms in total. The summed E-state index contributed by atoms with van der Waals surface area (Å²) in [5.74, 6) is 0.520. The average molecular weight is 383 g/mol. The minimum absolute atomic E-state index is 0.264. The zero-order valence-electron chi connectivity index (χ0n) is 15.0. The minimum atomic E-state index is -0.534. The van der Waals surface area contributed by atoms with Gasteiger partial charge >= 0.3 is 11.9 Å². The maximum absolute atomic E-state index is 12.3. The number of ether oxygens (including phenoxy) is 2. The molecular formula is C22H19ClO4. The predicted molar refractivity (Wildman–Crippen MR) is 105 cm³/mol. The van der Waals surface area contributed by atoms with Gasteiger partial charge in [-0.3, -0.25) is 0 Å². The molecule has 1 saturated carbocycles. The van der Waals surface area contributed by atoms with Crippen molar-refractivity contribution in [3.8, 4) is 11.5 Å². The van der Waals surface area contributed by atoms with Crippen molar-refractivity contribution in [2.24, 2.45) is 0 Å². The van der Waals surface area contributed by atoms with Crippen molar-refractivity contribution in [2.45, 2.75) is 38.0 Å². The fourth-order valence-corrected chi connectivity index (χ4v) is 4.58. The van der Waals surface area contributed by atoms with E-state index in [9.17, 15) is 9.59 Å². The molecule has 0 radical (unpaired) electrons. The highest BCUT2D eigenvalue weighted by atomic mass is 35.5. The Morgan fingerprint density at radius 2 is 1.81 bits per heavy atom. The average Bonchev–Trinajstić information content (AvgIpc) is 3.25. The van der Waals surface area contributed by atoms with Gasteiger partial charge in [-0.2, -0.15) is 0 Å². The van der Waals surface area contributed by atoms with Gasteiger partial charge < -0.3 is 9.47 Å². The van der Waals surface area contributed by atoms with E-state index in [2.05, 4.69) is 13.2 Å². The number of rotatable bonds is 4. The normalized spacial score (nSPS) is 19.6. The molecule has 0 spiro atoms. The van der Waals surface area contributed by atoms with E-state index in [0.29, 0.717) is 32.9 Å². The van der Waals surface area contributed by atoms with Gasteiger partial charge in [0.15, 0.2) is 0 Å². The number of fused-ring (bicyclic) bond motifs is 6. The van der Waals surface area contributed by atoms with E-state index >= 15 is 0 Å². The Labute approximate surface area is 162 Å². The van der Waals surface area contributed by atoms with Gasteiger partial charge in [0.25, 0.3) is 0 Å². The van der Waals surface area contributed by atoms with Crippen LogP contribution in [0.5, 0.6) is 11.5 Å². The highest BCUT2D eigenvalue weighted by Gasteiger charge is 2.43. The SMILES string of the molecule is C=CC(=O)Oc1c2c(c(OC(=O)C(=C)C)c3cccc(Cl)c13)C1CCC2C1. The summed E-state index contributed by atoms with van der Waals surface area (Å²) >= 11 is 6.49. The first-order valence-electron chi connectivity index (χ1n) is 8.92. The fraction of sp³-hybridized carbons (Fsp3) is 0.273. The van der Waals surface area contributed by atoms with E-state index in [0.717, 1.165) is 36.5 Å². The zero-order valence-corrected chi connectivity index (χ0v) is 15.8. The number of carbonyl (C=O) groups is 2. The van der Waals surface area contributed by atoms with Crippen LogP contribution in [0.15, 0.2) is 43.0 Å². The molecule has 0 saturated heterocycles. The first-order chi connectivity index (χ1) is 12.9. The number of hydrogen-bond acceptors (Lipinski definition) is 4. The summed E-state index contributed by atoms with van der Waals surface area (Å²) < 4.78 is 11.4. The standard InChI is InChI=1S/C22H19ClO4/c1-4-16(24)26-21-18-13-9-8-12(10-13)17(18)20(27-22(25)11(2)3)14-6-5-7-15(23)19(14)21/h4-7,12-13H,1-2,8-10H2,3H3. The molecule has 2 aromatic carbocycles. The first-order valence-corrected chi connectivity index (χ1v) is 9.30. The van der Waals surface area contributed by atoms with Crippen molar-refractivity contribution in [1.82, 2.24) is 0 Å². The largest absolute Gasteiger partial charge is 0.422 e. The van der Waals surface area contributed by atoms with Gasteiger partial charge in [-0.15, -0.1) is 0 Å². The maximum atomic E-state index is 12.3. The highest BCUT2D eigenvalue weighted by molar-refractivity contribution is 6.36. The van der Waals surface area contributed by atoms with Crippen LogP contribution in [0.4, 0.5) is 0 Å². The summed E-state index contributed by atoms with van der Waals surface area (Å²) in [5.41, 5.74) is 2.22. The topological polar surface area (TPSA) is 52.6 Å². The van der Waals surface area contributed by atoms with Gasteiger partial charge in [-0.1, -0.05) is 36.9 Å². The van der Waals surface area contributed by atoms with Crippen LogP contribution in [-0.4, -0.2) is 11.9 Å². The monoisotopic (exact) mass is 382 g/mol. The van der Waals surface area contributed by atoms with Crippen molar-refractivity contribution < 1.29 is 19.1 Å². The molecule has 2 aromatic rings. The van der Waals surface area contributed by atoms with E-state index in [1.54, 1.807) is 19.1 Å². The molecule has 1 fully saturated rings. The summed E-state index contributed by atoms with van der Waals surface area (Å²) in [6.07, 6.45) is 4.13. The molecule has 2 unspecified atom stereocenters. The van der Waals surface area contributed by atoms with Gasteiger partial charge in [0.05, 0.1) is 5.02 Å². The van der Waals surface area contributed by atoms with E-state index in [1.807, 2.05) is 6.07 Å². The van der Waals surface area contributed by atoms with E-state index in [-0.39, 0.29) is 11.8 Å². The summed E-state index contributed by atoms with van der Waals surface area (Å²) in [4.78, 5) is 24.3. The van der Waals surface area contributed by atoms with Gasteiger partial charge in [-0.25, -0.2) is 9.59 Å². The number of carbonyl (C=O) groups excluding carboxylic acids is 2. The lowest BCUT2D eigenvalue weighted by atomic mass is 9.87. The summed E-state index contributed by atoms with van der Waals surface area (Å²) in [5, 5.41) is 1.69. The number of halogens is 1. The van der Waals surface area contributed by atoms with Crippen LogP contribution in [-0.2, 0) is 9.59 Å². The molecule has 2 aliphatic carbocycles. The van der Waals surface area contributed by atoms with Crippen LogP contribution in [0.2, 0.25) is 5.02 Å². The van der Waals surface area contributed by atoms with Crippen LogP contribution in [0.3, 0.4) is 0 Å². The van der Waals surface area contributed by atoms with Crippen LogP contribution >= 0.6 is 11.6 Å². The van der Waals surface area contributed by atoms with Crippen molar-refractivity contribution >= 4 is 34.3 Å². The second-order valence-electron chi connectivity index (χ2n) is 7.15. The molecular weight excluding hydrogens is 364 g/mol. The van der Waals surface area contributed by atoms with Crippen molar-refractivity contribution in [3.63, 3.8) is 0 Å². The molecule has 0 aliphatic heterocycles. The van der Waals surface area contributed by atoms with Gasteiger partial charge in [-0.05, 0) is 44.1 Å². The predicted octanol–water partition coefficient (Wildman–Crippen LogP) is 5.43. The Morgan fingerprint density at radius 1 is 1.15 bits per heavy atom. The van der Waals surface area contributed by atoms with Crippen LogP contribution < -0.4 is 9.47 Å². The molecule has 5 heteroatoms. The quantitative estimate of drug-likeness (QED) is 0.402. The zero-order chi connectivity index (χ0) is 19.3. The Kier molecular flexibility index (Phi) is 4.31. The fourth-order valence-electron chi connectivity index (χ4n) is 4.32. The maximum Gasteiger partial charge on any atom is 0.338 e. The molecule has 0 aromatic heterocycles.